The molecule has 0 aliphatic carbocycles. The zero-order valence-corrected chi connectivity index (χ0v) is 11.0. The molecule has 0 radical (unpaired) electrons. The first-order valence-electron chi connectivity index (χ1n) is 6.40. The Kier molecular flexibility index (Phi) is 4.76. The van der Waals surface area contributed by atoms with Crippen LogP contribution < -0.4 is 4.74 Å². The fourth-order valence-corrected chi connectivity index (χ4v) is 1.98. The molecule has 1 fully saturated rings. The van der Waals surface area contributed by atoms with Crippen LogP contribution >= 0.6 is 0 Å². The summed E-state index contributed by atoms with van der Waals surface area (Å²) in [7, 11) is 0. The molecule has 5 nitrogen and oxygen atoms in total. The summed E-state index contributed by atoms with van der Waals surface area (Å²) in [6, 6.07) is 7.55. The highest BCUT2D eigenvalue weighted by Crippen LogP contribution is 2.24. The van der Waals surface area contributed by atoms with Crippen molar-refractivity contribution < 1.29 is 24.4 Å². The smallest absolute Gasteiger partial charge is 0.169 e. The summed E-state index contributed by atoms with van der Waals surface area (Å²) in [5, 5.41) is 17.9. The van der Waals surface area contributed by atoms with Gasteiger partial charge in [0, 0.05) is 6.42 Å². The Morgan fingerprint density at radius 2 is 1.89 bits per heavy atom. The van der Waals surface area contributed by atoms with Gasteiger partial charge in [-0.1, -0.05) is 12.1 Å². The van der Waals surface area contributed by atoms with Gasteiger partial charge in [-0.2, -0.15) is 0 Å². The molecule has 1 unspecified atom stereocenters. The first-order chi connectivity index (χ1) is 9.11. The van der Waals surface area contributed by atoms with Gasteiger partial charge in [-0.3, -0.25) is 0 Å². The number of aliphatic hydroxyl groups is 2. The van der Waals surface area contributed by atoms with Gasteiger partial charge in [0.25, 0.3) is 0 Å². The Labute approximate surface area is 112 Å². The number of ether oxygens (including phenoxy) is 3. The van der Waals surface area contributed by atoms with E-state index in [0.717, 1.165) is 5.56 Å². The zero-order chi connectivity index (χ0) is 13.7. The summed E-state index contributed by atoms with van der Waals surface area (Å²) in [6.07, 6.45) is -0.161. The number of benzene rings is 1. The normalized spacial score (nSPS) is 19.3. The third-order valence-corrected chi connectivity index (χ3v) is 3.00. The molecule has 2 N–H and O–H groups in total. The third-order valence-electron chi connectivity index (χ3n) is 3.00. The van der Waals surface area contributed by atoms with E-state index in [4.69, 9.17) is 19.3 Å². The predicted molar refractivity (Wildman–Crippen MR) is 69.0 cm³/mol. The van der Waals surface area contributed by atoms with Gasteiger partial charge in [-0.15, -0.1) is 0 Å². The minimum absolute atomic E-state index is 0.0831. The highest BCUT2D eigenvalue weighted by Gasteiger charge is 2.30. The lowest BCUT2D eigenvalue weighted by molar-refractivity contribution is -0.140. The van der Waals surface area contributed by atoms with Crippen molar-refractivity contribution in [2.45, 2.75) is 25.2 Å². The van der Waals surface area contributed by atoms with E-state index in [1.54, 1.807) is 0 Å². The van der Waals surface area contributed by atoms with Crippen LogP contribution in [0.15, 0.2) is 24.3 Å². The quantitative estimate of drug-likeness (QED) is 0.796. The van der Waals surface area contributed by atoms with Gasteiger partial charge in [0.15, 0.2) is 5.79 Å². The van der Waals surface area contributed by atoms with E-state index >= 15 is 0 Å². The van der Waals surface area contributed by atoms with Crippen molar-refractivity contribution >= 4 is 0 Å². The van der Waals surface area contributed by atoms with Crippen molar-refractivity contribution in [2.75, 3.05) is 26.4 Å². The maximum atomic E-state index is 9.19. The number of rotatable bonds is 6. The van der Waals surface area contributed by atoms with Crippen LogP contribution in [0.1, 0.15) is 12.5 Å². The highest BCUT2D eigenvalue weighted by molar-refractivity contribution is 5.28. The Hall–Kier alpha value is -1.14. The predicted octanol–water partition coefficient (Wildman–Crippen LogP) is 0.724. The lowest BCUT2D eigenvalue weighted by Gasteiger charge is -2.22. The molecule has 0 bridgehead atoms. The average Bonchev–Trinajstić information content (AvgIpc) is 2.84. The number of aliphatic hydroxyl groups excluding tert-OH is 2. The SMILES string of the molecule is CC1(Cc2ccc(OCC(O)CO)cc2)OCCO1. The van der Waals surface area contributed by atoms with Gasteiger partial charge >= 0.3 is 0 Å². The summed E-state index contributed by atoms with van der Waals surface area (Å²) in [5.74, 6) is 0.129. The Morgan fingerprint density at radius 1 is 1.26 bits per heavy atom. The van der Waals surface area contributed by atoms with E-state index in [0.29, 0.717) is 25.4 Å². The molecule has 0 aromatic heterocycles. The molecule has 5 heteroatoms. The van der Waals surface area contributed by atoms with Crippen LogP contribution in [0.3, 0.4) is 0 Å². The second kappa shape index (κ2) is 6.34. The molecule has 1 aromatic rings. The van der Waals surface area contributed by atoms with Gasteiger partial charge in [-0.05, 0) is 24.6 Å². The molecular formula is C14H20O5. The molecule has 19 heavy (non-hydrogen) atoms. The van der Waals surface area contributed by atoms with E-state index in [2.05, 4.69) is 0 Å². The van der Waals surface area contributed by atoms with Gasteiger partial charge in [0.2, 0.25) is 0 Å². The molecule has 1 atom stereocenters. The maximum absolute atomic E-state index is 9.19. The summed E-state index contributed by atoms with van der Waals surface area (Å²) in [6.45, 7) is 2.99. The molecule has 1 heterocycles. The molecule has 1 saturated heterocycles. The monoisotopic (exact) mass is 268 g/mol. The van der Waals surface area contributed by atoms with E-state index in [1.807, 2.05) is 31.2 Å². The van der Waals surface area contributed by atoms with Crippen LogP contribution in [0.2, 0.25) is 0 Å². The van der Waals surface area contributed by atoms with Crippen molar-refractivity contribution in [1.82, 2.24) is 0 Å². The van der Waals surface area contributed by atoms with E-state index in [9.17, 15) is 5.11 Å². The van der Waals surface area contributed by atoms with Gasteiger partial charge in [0.05, 0.1) is 19.8 Å². The highest BCUT2D eigenvalue weighted by atomic mass is 16.7. The van der Waals surface area contributed by atoms with E-state index < -0.39 is 11.9 Å². The summed E-state index contributed by atoms with van der Waals surface area (Å²) in [5.41, 5.74) is 1.10. The fraction of sp³-hybridized carbons (Fsp3) is 0.571. The topological polar surface area (TPSA) is 68.2 Å². The van der Waals surface area contributed by atoms with Crippen molar-refractivity contribution in [3.05, 3.63) is 29.8 Å². The molecule has 0 amide bonds. The molecule has 0 spiro atoms. The van der Waals surface area contributed by atoms with Crippen LogP contribution in [0.4, 0.5) is 0 Å². The van der Waals surface area contributed by atoms with Gasteiger partial charge in [0.1, 0.15) is 18.5 Å². The Balaban J connectivity index is 1.87. The molecule has 2 rings (SSSR count). The Bertz CT molecular complexity index is 383. The third kappa shape index (κ3) is 4.18. The maximum Gasteiger partial charge on any atom is 0.169 e. The molecule has 1 aliphatic heterocycles. The first kappa shape index (κ1) is 14.3. The molecular weight excluding hydrogens is 248 g/mol. The van der Waals surface area contributed by atoms with E-state index in [-0.39, 0.29) is 13.2 Å². The number of hydrogen-bond acceptors (Lipinski definition) is 5. The van der Waals surface area contributed by atoms with Crippen molar-refractivity contribution in [2.24, 2.45) is 0 Å². The summed E-state index contributed by atoms with van der Waals surface area (Å²) >= 11 is 0. The first-order valence-corrected chi connectivity index (χ1v) is 6.40. The lowest BCUT2D eigenvalue weighted by atomic mass is 10.1. The minimum atomic E-state index is -0.848. The second-order valence-corrected chi connectivity index (χ2v) is 4.80. The zero-order valence-electron chi connectivity index (χ0n) is 11.0. The molecule has 106 valence electrons. The minimum Gasteiger partial charge on any atom is -0.491 e. The van der Waals surface area contributed by atoms with Gasteiger partial charge in [-0.25, -0.2) is 0 Å². The van der Waals surface area contributed by atoms with Crippen LogP contribution in [0, 0.1) is 0 Å². The molecule has 1 aliphatic rings. The fourth-order valence-electron chi connectivity index (χ4n) is 1.98. The Morgan fingerprint density at radius 3 is 2.47 bits per heavy atom. The van der Waals surface area contributed by atoms with E-state index in [1.165, 1.54) is 0 Å². The van der Waals surface area contributed by atoms with Crippen molar-refractivity contribution in [3.8, 4) is 5.75 Å². The van der Waals surface area contributed by atoms with Crippen LogP contribution in [0.25, 0.3) is 0 Å². The van der Waals surface area contributed by atoms with Crippen molar-refractivity contribution in [1.29, 1.82) is 0 Å². The largest absolute Gasteiger partial charge is 0.491 e. The molecule has 0 saturated carbocycles. The summed E-state index contributed by atoms with van der Waals surface area (Å²) in [4.78, 5) is 0. The van der Waals surface area contributed by atoms with Crippen LogP contribution in [-0.4, -0.2) is 48.5 Å². The standard InChI is InChI=1S/C14H20O5/c1-14(18-6-7-19-14)8-11-2-4-13(5-3-11)17-10-12(16)9-15/h2-5,12,15-16H,6-10H2,1H3. The second-order valence-electron chi connectivity index (χ2n) is 4.80. The van der Waals surface area contributed by atoms with Crippen LogP contribution in [0.5, 0.6) is 5.75 Å². The molecule has 1 aromatic carbocycles. The van der Waals surface area contributed by atoms with Crippen molar-refractivity contribution in [3.63, 3.8) is 0 Å². The lowest BCUT2D eigenvalue weighted by Crippen LogP contribution is -2.28. The summed E-state index contributed by atoms with van der Waals surface area (Å²) < 4.78 is 16.4. The number of hydrogen-bond donors (Lipinski definition) is 2. The van der Waals surface area contributed by atoms with Gasteiger partial charge < -0.3 is 24.4 Å². The average molecular weight is 268 g/mol. The van der Waals surface area contributed by atoms with Crippen LogP contribution in [-0.2, 0) is 15.9 Å².